The van der Waals surface area contributed by atoms with E-state index in [1.54, 1.807) is 6.07 Å². The Bertz CT molecular complexity index is 1260. The second-order valence-electron chi connectivity index (χ2n) is 6.38. The van der Waals surface area contributed by atoms with E-state index in [0.717, 1.165) is 10.6 Å². The number of rotatable bonds is 6. The summed E-state index contributed by atoms with van der Waals surface area (Å²) in [5.41, 5.74) is -0.907. The number of tetrazole rings is 1. The first kappa shape index (κ1) is 20.4. The maximum atomic E-state index is 11.8. The number of H-pyrrole nitrogens is 1. The number of hydrogen-bond acceptors (Lipinski definition) is 5. The van der Waals surface area contributed by atoms with Gasteiger partial charge in [0.1, 0.15) is 0 Å². The molecule has 1 heterocycles. The van der Waals surface area contributed by atoms with Crippen molar-refractivity contribution in [2.24, 2.45) is 0 Å². The predicted molar refractivity (Wildman–Crippen MR) is 122 cm³/mol. The summed E-state index contributed by atoms with van der Waals surface area (Å²) in [6.07, 6.45) is 0. The number of benzene rings is 3. The molecule has 0 atom stereocenters. The molecule has 0 fully saturated rings. The number of carbonyl (C=O) groups is 1. The zero-order valence-corrected chi connectivity index (χ0v) is 18.9. The molecule has 3 N–H and O–H groups in total. The second kappa shape index (κ2) is 8.50. The average molecular weight is 500 g/mol. The number of aromatic nitrogens is 4. The van der Waals surface area contributed by atoms with Gasteiger partial charge in [0, 0.05) is 0 Å². The molecule has 0 aliphatic carbocycles. The normalized spacial score (nSPS) is 11.2. The molecule has 10 heteroatoms. The van der Waals surface area contributed by atoms with Crippen molar-refractivity contribution >= 4 is 55.2 Å². The fraction of sp³-hybridized carbons (Fsp3) is 0. The van der Waals surface area contributed by atoms with E-state index in [4.69, 9.17) is 12.2 Å². The molecule has 4 rings (SSSR count). The van der Waals surface area contributed by atoms with Crippen LogP contribution in [0.4, 0.5) is 5.69 Å². The Morgan fingerprint density at radius 1 is 1.03 bits per heavy atom. The van der Waals surface area contributed by atoms with Crippen LogP contribution >= 0.6 is 17.9 Å². The Morgan fingerprint density at radius 3 is 2.13 bits per heavy atom. The number of carboxylic acids is 1. The van der Waals surface area contributed by atoms with Gasteiger partial charge < -0.3 is 0 Å². The number of nitrogens with zero attached hydrogens (tertiary/aromatic N) is 3. The quantitative estimate of drug-likeness (QED) is 0.214. The van der Waals surface area contributed by atoms with Gasteiger partial charge in [-0.25, -0.2) is 0 Å². The van der Waals surface area contributed by atoms with Crippen molar-refractivity contribution in [2.45, 2.75) is 0 Å². The van der Waals surface area contributed by atoms with E-state index >= 15 is 0 Å². The van der Waals surface area contributed by atoms with Crippen LogP contribution in [0.5, 0.6) is 0 Å². The molecule has 4 aromatic rings. The van der Waals surface area contributed by atoms with Crippen molar-refractivity contribution in [3.63, 3.8) is 0 Å². The average Bonchev–Trinajstić information content (AvgIpc) is 3.20. The SMILES string of the molecule is O=C(O)c1cc(NP(=[Se])(c2ccccc2)c2ccccc2)cc(-n2[nH]nnc2=S)c1. The molecule has 0 amide bonds. The van der Waals surface area contributed by atoms with E-state index in [2.05, 4.69) is 60.0 Å². The van der Waals surface area contributed by atoms with Crippen molar-refractivity contribution in [1.82, 2.24) is 20.2 Å². The third-order valence-corrected chi connectivity index (χ3v) is 10.5. The molecule has 0 bridgehead atoms. The van der Waals surface area contributed by atoms with Crippen LogP contribution < -0.4 is 15.7 Å². The van der Waals surface area contributed by atoms with Gasteiger partial charge in [-0.05, 0) is 0 Å². The standard InChI is InChI=1S/C20H16N5O2PSSe/c26-19(27)14-11-15(13-16(12-14)25-20(29)21-23-24-25)22-28(30,17-7-3-1-4-8-17)18-9-5-2-6-10-18/h1-13H,(H,22,30)(H,26,27)(H,21,24,29). The number of hydrogen-bond donors (Lipinski definition) is 3. The molecule has 0 saturated carbocycles. The van der Waals surface area contributed by atoms with Crippen LogP contribution in [-0.2, 0) is 0 Å². The van der Waals surface area contributed by atoms with Crippen LogP contribution in [0.2, 0.25) is 0 Å². The monoisotopic (exact) mass is 501 g/mol. The van der Waals surface area contributed by atoms with Crippen molar-refractivity contribution in [3.8, 4) is 5.69 Å². The molecule has 0 aliphatic heterocycles. The Balaban J connectivity index is 1.87. The van der Waals surface area contributed by atoms with Gasteiger partial charge in [-0.3, -0.25) is 0 Å². The Kier molecular flexibility index (Phi) is 5.79. The van der Waals surface area contributed by atoms with Gasteiger partial charge in [-0.1, -0.05) is 0 Å². The minimum absolute atomic E-state index is 0.124. The molecule has 0 aliphatic rings. The number of aromatic carboxylic acids is 1. The first-order valence-electron chi connectivity index (χ1n) is 8.86. The topological polar surface area (TPSA) is 95.8 Å². The molecule has 3 aromatic carbocycles. The van der Waals surface area contributed by atoms with Crippen molar-refractivity contribution in [1.29, 1.82) is 0 Å². The molecular weight excluding hydrogens is 484 g/mol. The number of anilines is 1. The van der Waals surface area contributed by atoms with E-state index in [1.165, 1.54) is 10.7 Å². The van der Waals surface area contributed by atoms with Gasteiger partial charge >= 0.3 is 185 Å². The Labute approximate surface area is 185 Å². The summed E-state index contributed by atoms with van der Waals surface area (Å²) in [5.74, 6) is -1.04. The van der Waals surface area contributed by atoms with Crippen LogP contribution in [0.25, 0.3) is 5.69 Å². The van der Waals surface area contributed by atoms with Crippen LogP contribution in [-0.4, -0.2) is 46.4 Å². The van der Waals surface area contributed by atoms with Crippen molar-refractivity contribution in [2.75, 3.05) is 5.09 Å². The number of carboxylic acid groups (broad SMARTS) is 1. The molecule has 150 valence electrons. The number of aromatic amines is 1. The fourth-order valence-electron chi connectivity index (χ4n) is 3.03. The summed E-state index contributed by atoms with van der Waals surface area (Å²) in [6.45, 7) is 0. The van der Waals surface area contributed by atoms with Gasteiger partial charge in [-0.2, -0.15) is 0 Å². The second-order valence-corrected chi connectivity index (χ2v) is 12.7. The molecule has 30 heavy (non-hydrogen) atoms. The zero-order valence-electron chi connectivity index (χ0n) is 15.5. The van der Waals surface area contributed by atoms with E-state index < -0.39 is 11.6 Å². The molecule has 0 spiro atoms. The molecule has 0 unspecified atom stereocenters. The van der Waals surface area contributed by atoms with Crippen LogP contribution in [0.3, 0.4) is 0 Å². The summed E-state index contributed by atoms with van der Waals surface area (Å²) in [5, 5.41) is 25.6. The van der Waals surface area contributed by atoms with Gasteiger partial charge in [0.05, 0.1) is 0 Å². The fourth-order valence-corrected chi connectivity index (χ4v) is 7.65. The van der Waals surface area contributed by atoms with Gasteiger partial charge in [0.25, 0.3) is 0 Å². The molecule has 1 aromatic heterocycles. The van der Waals surface area contributed by atoms with E-state index in [9.17, 15) is 9.90 Å². The van der Waals surface area contributed by atoms with E-state index in [1.807, 2.05) is 42.5 Å². The summed E-state index contributed by atoms with van der Waals surface area (Å²) >= 11 is 8.55. The third-order valence-electron chi connectivity index (χ3n) is 4.42. The Morgan fingerprint density at radius 2 is 1.63 bits per heavy atom. The minimum atomic E-state index is -2.20. The van der Waals surface area contributed by atoms with E-state index in [-0.39, 0.29) is 10.3 Å². The molecule has 0 radical (unpaired) electrons. The maximum absolute atomic E-state index is 11.8. The van der Waals surface area contributed by atoms with Crippen LogP contribution in [0, 0.1) is 4.77 Å². The van der Waals surface area contributed by atoms with Gasteiger partial charge in [0.15, 0.2) is 0 Å². The van der Waals surface area contributed by atoms with Crippen molar-refractivity contribution < 1.29 is 9.90 Å². The zero-order chi connectivity index (χ0) is 21.1. The predicted octanol–water partition coefficient (Wildman–Crippen LogP) is 3.10. The van der Waals surface area contributed by atoms with Gasteiger partial charge in [-0.15, -0.1) is 0 Å². The first-order chi connectivity index (χ1) is 14.5. The summed E-state index contributed by atoms with van der Waals surface area (Å²) < 4.78 is 1.66. The molecule has 7 nitrogen and oxygen atoms in total. The number of nitrogens with one attached hydrogen (secondary N) is 2. The van der Waals surface area contributed by atoms with Gasteiger partial charge in [0.2, 0.25) is 0 Å². The summed E-state index contributed by atoms with van der Waals surface area (Å²) in [7, 11) is 0. The molecular formula is C20H16N5O2PSSe. The van der Waals surface area contributed by atoms with Crippen LogP contribution in [0.1, 0.15) is 10.4 Å². The van der Waals surface area contributed by atoms with E-state index in [0.29, 0.717) is 11.4 Å². The van der Waals surface area contributed by atoms with Crippen molar-refractivity contribution in [3.05, 3.63) is 89.2 Å². The molecule has 0 saturated heterocycles. The summed E-state index contributed by atoms with van der Waals surface area (Å²) in [6, 6.07) is 25.1. The first-order valence-corrected chi connectivity index (χ1v) is 13.3. The Hall–Kier alpha value is -2.83. The third kappa shape index (κ3) is 4.06. The van der Waals surface area contributed by atoms with Crippen LogP contribution in [0.15, 0.2) is 78.9 Å². The summed E-state index contributed by atoms with van der Waals surface area (Å²) in [4.78, 5) is 11.8.